The first-order chi connectivity index (χ1) is 7.22. The zero-order valence-corrected chi connectivity index (χ0v) is 9.06. The maximum atomic E-state index is 10.8. The van der Waals surface area contributed by atoms with Crippen molar-refractivity contribution in [1.82, 2.24) is 0 Å². The van der Waals surface area contributed by atoms with Crippen LogP contribution in [0.4, 0.5) is 5.69 Å². The molecule has 1 aromatic carbocycles. The molecule has 0 radical (unpaired) electrons. The fraction of sp³-hybridized carbons (Fsp3) is 0.417. The summed E-state index contributed by atoms with van der Waals surface area (Å²) in [4.78, 5) is 12.5. The summed E-state index contributed by atoms with van der Waals surface area (Å²) in [5, 5.41) is 0. The molecule has 1 aliphatic heterocycles. The van der Waals surface area contributed by atoms with E-state index in [1.807, 2.05) is 12.1 Å². The predicted octanol–water partition coefficient (Wildman–Crippen LogP) is 2.17. The molecule has 1 aliphatic rings. The summed E-state index contributed by atoms with van der Waals surface area (Å²) >= 11 is 0. The molecular weight excluding hydrogens is 190 g/mol. The molecule has 0 aromatic heterocycles. The van der Waals surface area contributed by atoms with E-state index >= 15 is 0 Å². The molecule has 0 fully saturated rings. The molecule has 0 unspecified atom stereocenters. The normalized spacial score (nSPS) is 14.7. The van der Waals surface area contributed by atoms with Crippen molar-refractivity contribution in [2.24, 2.45) is 0 Å². The standard InChI is InChI=1S/C12H15NO2/c1-9(2)10-3-4-11-12(7-10)15-6-5-13(11)8-14/h3-4,7-9H,5-6H2,1-2H3. The van der Waals surface area contributed by atoms with Gasteiger partial charge in [-0.3, -0.25) is 4.79 Å². The van der Waals surface area contributed by atoms with Crippen LogP contribution in [-0.2, 0) is 4.79 Å². The zero-order chi connectivity index (χ0) is 10.8. The van der Waals surface area contributed by atoms with E-state index in [0.717, 1.165) is 17.8 Å². The number of anilines is 1. The number of carbonyl (C=O) groups excluding carboxylic acids is 1. The highest BCUT2D eigenvalue weighted by atomic mass is 16.5. The van der Waals surface area contributed by atoms with Gasteiger partial charge in [-0.25, -0.2) is 0 Å². The van der Waals surface area contributed by atoms with Crippen molar-refractivity contribution in [3.63, 3.8) is 0 Å². The minimum absolute atomic E-state index is 0.477. The van der Waals surface area contributed by atoms with Crippen LogP contribution in [-0.4, -0.2) is 19.6 Å². The molecule has 0 atom stereocenters. The number of hydrogen-bond donors (Lipinski definition) is 0. The zero-order valence-electron chi connectivity index (χ0n) is 9.06. The number of hydrogen-bond acceptors (Lipinski definition) is 2. The van der Waals surface area contributed by atoms with Crippen molar-refractivity contribution in [3.05, 3.63) is 23.8 Å². The summed E-state index contributed by atoms with van der Waals surface area (Å²) < 4.78 is 5.55. The van der Waals surface area contributed by atoms with Crippen molar-refractivity contribution in [2.75, 3.05) is 18.1 Å². The molecule has 3 nitrogen and oxygen atoms in total. The number of amides is 1. The molecule has 80 valence electrons. The Morgan fingerprint density at radius 1 is 1.47 bits per heavy atom. The fourth-order valence-electron chi connectivity index (χ4n) is 1.73. The molecule has 0 saturated carbocycles. The highest BCUT2D eigenvalue weighted by molar-refractivity contribution is 5.79. The van der Waals surface area contributed by atoms with Crippen molar-refractivity contribution in [2.45, 2.75) is 19.8 Å². The van der Waals surface area contributed by atoms with Gasteiger partial charge >= 0.3 is 0 Å². The molecule has 0 aliphatic carbocycles. The van der Waals surface area contributed by atoms with Crippen molar-refractivity contribution >= 4 is 12.1 Å². The largest absolute Gasteiger partial charge is 0.490 e. The van der Waals surface area contributed by atoms with Gasteiger partial charge in [-0.15, -0.1) is 0 Å². The van der Waals surface area contributed by atoms with Gasteiger partial charge in [0.25, 0.3) is 0 Å². The Balaban J connectivity index is 2.40. The van der Waals surface area contributed by atoms with E-state index in [9.17, 15) is 4.79 Å². The minimum atomic E-state index is 0.477. The summed E-state index contributed by atoms with van der Waals surface area (Å²) in [5.41, 5.74) is 2.11. The molecule has 0 spiro atoms. The first-order valence-corrected chi connectivity index (χ1v) is 5.21. The van der Waals surface area contributed by atoms with Crippen LogP contribution in [0.3, 0.4) is 0 Å². The van der Waals surface area contributed by atoms with Crippen molar-refractivity contribution < 1.29 is 9.53 Å². The van der Waals surface area contributed by atoms with E-state index in [-0.39, 0.29) is 0 Å². The lowest BCUT2D eigenvalue weighted by molar-refractivity contribution is -0.107. The lowest BCUT2D eigenvalue weighted by Gasteiger charge is -2.26. The van der Waals surface area contributed by atoms with Crippen LogP contribution in [0.1, 0.15) is 25.3 Å². The molecule has 0 bridgehead atoms. The maximum absolute atomic E-state index is 10.8. The van der Waals surface area contributed by atoms with Gasteiger partial charge in [0.05, 0.1) is 12.2 Å². The minimum Gasteiger partial charge on any atom is -0.490 e. The highest BCUT2D eigenvalue weighted by Gasteiger charge is 2.17. The summed E-state index contributed by atoms with van der Waals surface area (Å²) in [7, 11) is 0. The number of fused-ring (bicyclic) bond motifs is 1. The van der Waals surface area contributed by atoms with E-state index in [2.05, 4.69) is 19.9 Å². The van der Waals surface area contributed by atoms with Gasteiger partial charge < -0.3 is 9.64 Å². The maximum Gasteiger partial charge on any atom is 0.214 e. The molecule has 0 saturated heterocycles. The molecule has 1 heterocycles. The van der Waals surface area contributed by atoms with Gasteiger partial charge in [0, 0.05) is 0 Å². The average molecular weight is 205 g/mol. The molecule has 15 heavy (non-hydrogen) atoms. The van der Waals surface area contributed by atoms with Crippen molar-refractivity contribution in [1.29, 1.82) is 0 Å². The van der Waals surface area contributed by atoms with Gasteiger partial charge in [-0.05, 0) is 23.6 Å². The van der Waals surface area contributed by atoms with Gasteiger partial charge in [0.15, 0.2) is 0 Å². The van der Waals surface area contributed by atoms with Gasteiger partial charge in [-0.2, -0.15) is 0 Å². The number of ether oxygens (including phenoxy) is 1. The fourth-order valence-corrected chi connectivity index (χ4v) is 1.73. The monoisotopic (exact) mass is 205 g/mol. The van der Waals surface area contributed by atoms with E-state index in [1.54, 1.807) is 4.90 Å². The third-order valence-electron chi connectivity index (χ3n) is 2.68. The van der Waals surface area contributed by atoms with Gasteiger partial charge in [0.1, 0.15) is 12.4 Å². The van der Waals surface area contributed by atoms with Crippen LogP contribution >= 0.6 is 0 Å². The second kappa shape index (κ2) is 3.93. The molecule has 0 N–H and O–H groups in total. The van der Waals surface area contributed by atoms with Crippen LogP contribution in [0.15, 0.2) is 18.2 Å². The topological polar surface area (TPSA) is 29.5 Å². The SMILES string of the molecule is CC(C)c1ccc2c(c1)OCCN2C=O. The number of benzene rings is 1. The summed E-state index contributed by atoms with van der Waals surface area (Å²) in [6.07, 6.45) is 0.858. The molecule has 3 heteroatoms. The Morgan fingerprint density at radius 3 is 2.93 bits per heavy atom. The van der Waals surface area contributed by atoms with E-state index in [0.29, 0.717) is 19.1 Å². The molecule has 1 aromatic rings. The van der Waals surface area contributed by atoms with Gasteiger partial charge in [-0.1, -0.05) is 19.9 Å². The Kier molecular flexibility index (Phi) is 2.62. The Morgan fingerprint density at radius 2 is 2.27 bits per heavy atom. The number of rotatable bonds is 2. The van der Waals surface area contributed by atoms with Crippen molar-refractivity contribution in [3.8, 4) is 5.75 Å². The van der Waals surface area contributed by atoms with Crippen LogP contribution in [0.2, 0.25) is 0 Å². The summed E-state index contributed by atoms with van der Waals surface area (Å²) in [5.74, 6) is 1.30. The number of carbonyl (C=O) groups is 1. The first kappa shape index (κ1) is 10.0. The first-order valence-electron chi connectivity index (χ1n) is 5.21. The molecule has 1 amide bonds. The Hall–Kier alpha value is -1.51. The van der Waals surface area contributed by atoms with Crippen LogP contribution in [0.5, 0.6) is 5.75 Å². The third-order valence-corrected chi connectivity index (χ3v) is 2.68. The second-order valence-corrected chi connectivity index (χ2v) is 4.03. The van der Waals surface area contributed by atoms with E-state index in [1.165, 1.54) is 5.56 Å². The summed E-state index contributed by atoms with van der Waals surface area (Å²) in [6, 6.07) is 6.03. The van der Waals surface area contributed by atoms with Crippen LogP contribution < -0.4 is 9.64 Å². The van der Waals surface area contributed by atoms with Crippen LogP contribution in [0, 0.1) is 0 Å². The van der Waals surface area contributed by atoms with Crippen LogP contribution in [0.25, 0.3) is 0 Å². The Bertz CT molecular complexity index is 374. The smallest absolute Gasteiger partial charge is 0.214 e. The van der Waals surface area contributed by atoms with Gasteiger partial charge in [0.2, 0.25) is 6.41 Å². The summed E-state index contributed by atoms with van der Waals surface area (Å²) in [6.45, 7) is 5.49. The predicted molar refractivity (Wildman–Crippen MR) is 59.4 cm³/mol. The molecular formula is C12H15NO2. The van der Waals surface area contributed by atoms with E-state index < -0.39 is 0 Å². The van der Waals surface area contributed by atoms with E-state index in [4.69, 9.17) is 4.74 Å². The average Bonchev–Trinajstić information content (AvgIpc) is 2.27. The number of nitrogens with zero attached hydrogens (tertiary/aromatic N) is 1. The second-order valence-electron chi connectivity index (χ2n) is 4.03. The highest BCUT2D eigenvalue weighted by Crippen LogP contribution is 2.33. The molecule has 2 rings (SSSR count). The lowest BCUT2D eigenvalue weighted by atomic mass is 10.0. The third kappa shape index (κ3) is 1.82. The Labute approximate surface area is 89.7 Å². The quantitative estimate of drug-likeness (QED) is 0.692. The lowest BCUT2D eigenvalue weighted by Crippen LogP contribution is -2.31.